The second kappa shape index (κ2) is 4.60. The maximum absolute atomic E-state index is 5.13. The van der Waals surface area contributed by atoms with Gasteiger partial charge in [-0.2, -0.15) is 0 Å². The number of fused-ring (bicyclic) bond motifs is 1. The van der Waals surface area contributed by atoms with Crippen LogP contribution < -0.4 is 5.32 Å². The standard InChI is InChI=1S/C11H22N2O/c1-9(3-4-14-2)13-7-10-5-12-6-11(10)8-13/h9-12H,3-8H2,1-2H3. The molecule has 0 aromatic rings. The highest BCUT2D eigenvalue weighted by Crippen LogP contribution is 2.28. The Labute approximate surface area is 86.8 Å². The number of ether oxygens (including phenoxy) is 1. The smallest absolute Gasteiger partial charge is 0.0477 e. The van der Waals surface area contributed by atoms with E-state index in [1.54, 1.807) is 7.11 Å². The van der Waals surface area contributed by atoms with Gasteiger partial charge in [0.05, 0.1) is 0 Å². The first-order valence-electron chi connectivity index (χ1n) is 5.75. The predicted molar refractivity (Wildman–Crippen MR) is 57.4 cm³/mol. The van der Waals surface area contributed by atoms with Gasteiger partial charge in [-0.3, -0.25) is 4.90 Å². The second-order valence-corrected chi connectivity index (χ2v) is 4.76. The van der Waals surface area contributed by atoms with E-state index in [-0.39, 0.29) is 0 Å². The minimum Gasteiger partial charge on any atom is -0.385 e. The zero-order valence-corrected chi connectivity index (χ0v) is 9.33. The largest absolute Gasteiger partial charge is 0.385 e. The maximum atomic E-state index is 5.13. The fraction of sp³-hybridized carbons (Fsp3) is 1.00. The quantitative estimate of drug-likeness (QED) is 0.714. The highest BCUT2D eigenvalue weighted by Gasteiger charge is 2.37. The van der Waals surface area contributed by atoms with E-state index in [4.69, 9.17) is 4.74 Å². The van der Waals surface area contributed by atoms with Gasteiger partial charge in [0.25, 0.3) is 0 Å². The molecule has 2 aliphatic heterocycles. The summed E-state index contributed by atoms with van der Waals surface area (Å²) in [5.41, 5.74) is 0. The molecule has 2 rings (SSSR count). The highest BCUT2D eigenvalue weighted by molar-refractivity contribution is 4.92. The molecule has 14 heavy (non-hydrogen) atoms. The minimum absolute atomic E-state index is 0.695. The molecule has 3 heteroatoms. The molecule has 2 aliphatic rings. The molecule has 2 heterocycles. The van der Waals surface area contributed by atoms with E-state index in [2.05, 4.69) is 17.1 Å². The van der Waals surface area contributed by atoms with E-state index in [1.807, 2.05) is 0 Å². The molecule has 3 unspecified atom stereocenters. The molecule has 0 aromatic carbocycles. The summed E-state index contributed by atoms with van der Waals surface area (Å²) in [4.78, 5) is 2.63. The Balaban J connectivity index is 1.77. The van der Waals surface area contributed by atoms with Gasteiger partial charge in [-0.05, 0) is 38.3 Å². The van der Waals surface area contributed by atoms with Gasteiger partial charge < -0.3 is 10.1 Å². The SMILES string of the molecule is COCCC(C)N1CC2CNCC2C1. The molecule has 0 aromatic heterocycles. The van der Waals surface area contributed by atoms with Gasteiger partial charge in [-0.25, -0.2) is 0 Å². The number of nitrogens with one attached hydrogen (secondary N) is 1. The Hall–Kier alpha value is -0.120. The normalized spacial score (nSPS) is 34.7. The summed E-state index contributed by atoms with van der Waals surface area (Å²) in [6.45, 7) is 8.28. The number of nitrogens with zero attached hydrogens (tertiary/aromatic N) is 1. The number of hydrogen-bond donors (Lipinski definition) is 1. The first-order valence-corrected chi connectivity index (χ1v) is 5.75. The van der Waals surface area contributed by atoms with Crippen LogP contribution in [0.15, 0.2) is 0 Å². The van der Waals surface area contributed by atoms with Crippen molar-refractivity contribution in [2.45, 2.75) is 19.4 Å². The zero-order chi connectivity index (χ0) is 9.97. The van der Waals surface area contributed by atoms with Crippen LogP contribution >= 0.6 is 0 Å². The van der Waals surface area contributed by atoms with E-state index in [1.165, 1.54) is 32.6 Å². The predicted octanol–water partition coefficient (Wildman–Crippen LogP) is 0.563. The van der Waals surface area contributed by atoms with Gasteiger partial charge in [-0.15, -0.1) is 0 Å². The van der Waals surface area contributed by atoms with Crippen molar-refractivity contribution < 1.29 is 4.74 Å². The van der Waals surface area contributed by atoms with E-state index in [0.29, 0.717) is 6.04 Å². The number of methoxy groups -OCH3 is 1. The lowest BCUT2D eigenvalue weighted by molar-refractivity contribution is 0.148. The Kier molecular flexibility index (Phi) is 3.42. The maximum Gasteiger partial charge on any atom is 0.0477 e. The average molecular weight is 198 g/mol. The summed E-state index contributed by atoms with van der Waals surface area (Å²) in [5, 5.41) is 3.48. The number of rotatable bonds is 4. The highest BCUT2D eigenvalue weighted by atomic mass is 16.5. The van der Waals surface area contributed by atoms with Crippen molar-refractivity contribution in [3.63, 3.8) is 0 Å². The lowest BCUT2D eigenvalue weighted by Crippen LogP contribution is -2.34. The van der Waals surface area contributed by atoms with Crippen molar-refractivity contribution >= 4 is 0 Å². The first kappa shape index (κ1) is 10.4. The molecular formula is C11H22N2O. The fourth-order valence-electron chi connectivity index (χ4n) is 2.72. The van der Waals surface area contributed by atoms with Gasteiger partial charge in [0.1, 0.15) is 0 Å². The third-order valence-electron chi connectivity index (χ3n) is 3.78. The van der Waals surface area contributed by atoms with Gasteiger partial charge >= 0.3 is 0 Å². The van der Waals surface area contributed by atoms with Crippen molar-refractivity contribution in [2.24, 2.45) is 11.8 Å². The summed E-state index contributed by atoms with van der Waals surface area (Å²) in [6.07, 6.45) is 1.17. The van der Waals surface area contributed by atoms with Crippen LogP contribution in [0.25, 0.3) is 0 Å². The Morgan fingerprint density at radius 2 is 2.00 bits per heavy atom. The van der Waals surface area contributed by atoms with Crippen LogP contribution in [0, 0.1) is 11.8 Å². The molecule has 0 bridgehead atoms. The minimum atomic E-state index is 0.695. The lowest BCUT2D eigenvalue weighted by Gasteiger charge is -2.24. The molecule has 0 saturated carbocycles. The van der Waals surface area contributed by atoms with Crippen LogP contribution in [0.2, 0.25) is 0 Å². The Bertz CT molecular complexity index is 174. The molecule has 0 amide bonds. The van der Waals surface area contributed by atoms with E-state index in [0.717, 1.165) is 18.4 Å². The van der Waals surface area contributed by atoms with Crippen LogP contribution in [0.3, 0.4) is 0 Å². The van der Waals surface area contributed by atoms with Gasteiger partial charge in [0, 0.05) is 32.8 Å². The fourth-order valence-corrected chi connectivity index (χ4v) is 2.72. The molecule has 2 saturated heterocycles. The van der Waals surface area contributed by atoms with Crippen LogP contribution in [-0.4, -0.2) is 50.8 Å². The summed E-state index contributed by atoms with van der Waals surface area (Å²) in [5.74, 6) is 1.83. The van der Waals surface area contributed by atoms with E-state index in [9.17, 15) is 0 Å². The average Bonchev–Trinajstić information content (AvgIpc) is 2.72. The molecule has 2 fully saturated rings. The summed E-state index contributed by atoms with van der Waals surface area (Å²) in [6, 6.07) is 0.695. The topological polar surface area (TPSA) is 24.5 Å². The van der Waals surface area contributed by atoms with Crippen molar-refractivity contribution in [1.82, 2.24) is 10.2 Å². The molecule has 0 spiro atoms. The van der Waals surface area contributed by atoms with Crippen molar-refractivity contribution in [2.75, 3.05) is 39.9 Å². The molecule has 3 nitrogen and oxygen atoms in total. The molecule has 1 N–H and O–H groups in total. The summed E-state index contributed by atoms with van der Waals surface area (Å²) >= 11 is 0. The number of likely N-dealkylation sites (tertiary alicyclic amines) is 1. The van der Waals surface area contributed by atoms with E-state index >= 15 is 0 Å². The summed E-state index contributed by atoms with van der Waals surface area (Å²) in [7, 11) is 1.79. The van der Waals surface area contributed by atoms with Gasteiger partial charge in [-0.1, -0.05) is 0 Å². The van der Waals surface area contributed by atoms with Crippen molar-refractivity contribution in [1.29, 1.82) is 0 Å². The zero-order valence-electron chi connectivity index (χ0n) is 9.33. The Morgan fingerprint density at radius 3 is 2.57 bits per heavy atom. The molecule has 3 atom stereocenters. The van der Waals surface area contributed by atoms with Crippen molar-refractivity contribution in [3.05, 3.63) is 0 Å². The van der Waals surface area contributed by atoms with Gasteiger partial charge in [0.2, 0.25) is 0 Å². The van der Waals surface area contributed by atoms with Crippen molar-refractivity contribution in [3.8, 4) is 0 Å². The molecular weight excluding hydrogens is 176 g/mol. The third-order valence-corrected chi connectivity index (χ3v) is 3.78. The second-order valence-electron chi connectivity index (χ2n) is 4.76. The third kappa shape index (κ3) is 2.10. The number of hydrogen-bond acceptors (Lipinski definition) is 3. The van der Waals surface area contributed by atoms with Gasteiger partial charge in [0.15, 0.2) is 0 Å². The first-order chi connectivity index (χ1) is 6.81. The lowest BCUT2D eigenvalue weighted by atomic mass is 10.0. The van der Waals surface area contributed by atoms with Crippen LogP contribution in [-0.2, 0) is 4.74 Å². The monoisotopic (exact) mass is 198 g/mol. The molecule has 82 valence electrons. The van der Waals surface area contributed by atoms with Crippen LogP contribution in [0.1, 0.15) is 13.3 Å². The van der Waals surface area contributed by atoms with Crippen LogP contribution in [0.4, 0.5) is 0 Å². The molecule has 0 radical (unpaired) electrons. The summed E-state index contributed by atoms with van der Waals surface area (Å²) < 4.78 is 5.13. The van der Waals surface area contributed by atoms with Crippen LogP contribution in [0.5, 0.6) is 0 Å². The van der Waals surface area contributed by atoms with E-state index < -0.39 is 0 Å². The molecule has 0 aliphatic carbocycles. The Morgan fingerprint density at radius 1 is 1.36 bits per heavy atom.